The normalized spacial score (nSPS) is 12.4. The molecule has 1 N–H and O–H groups in total. The molecule has 0 amide bonds. The van der Waals surface area contributed by atoms with Crippen molar-refractivity contribution in [3.8, 4) is 5.75 Å². The zero-order chi connectivity index (χ0) is 15.4. The van der Waals surface area contributed by atoms with Gasteiger partial charge in [-0.05, 0) is 75.2 Å². The Balaban J connectivity index is 2.51. The first-order chi connectivity index (χ1) is 10.1. The van der Waals surface area contributed by atoms with E-state index in [2.05, 4.69) is 72.2 Å². The van der Waals surface area contributed by atoms with Crippen molar-refractivity contribution in [2.45, 2.75) is 19.9 Å². The molecule has 2 nitrogen and oxygen atoms in total. The Labute approximate surface area is 154 Å². The summed E-state index contributed by atoms with van der Waals surface area (Å²) < 4.78 is 9.09. The second-order valence-electron chi connectivity index (χ2n) is 4.39. The van der Waals surface area contributed by atoms with E-state index in [1.54, 1.807) is 11.3 Å². The molecule has 2 rings (SSSR count). The zero-order valence-electron chi connectivity index (χ0n) is 11.8. The second-order valence-corrected chi connectivity index (χ2v) is 9.05. The molecule has 1 aromatic carbocycles. The minimum Gasteiger partial charge on any atom is -0.494 e. The number of halogens is 3. The molecule has 0 saturated heterocycles. The van der Waals surface area contributed by atoms with Crippen molar-refractivity contribution in [1.82, 2.24) is 5.32 Å². The first kappa shape index (κ1) is 17.5. The summed E-state index contributed by atoms with van der Waals surface area (Å²) in [5.74, 6) is 0.917. The van der Waals surface area contributed by atoms with Crippen LogP contribution < -0.4 is 10.1 Å². The third-order valence-corrected chi connectivity index (χ3v) is 5.86. The molecule has 114 valence electrons. The lowest BCUT2D eigenvalue weighted by molar-refractivity contribution is 0.333. The van der Waals surface area contributed by atoms with Crippen molar-refractivity contribution in [2.24, 2.45) is 0 Å². The third-order valence-electron chi connectivity index (χ3n) is 2.98. The van der Waals surface area contributed by atoms with E-state index < -0.39 is 0 Å². The van der Waals surface area contributed by atoms with Crippen molar-refractivity contribution in [3.63, 3.8) is 0 Å². The summed E-state index contributed by atoms with van der Waals surface area (Å²) in [5, 5.41) is 3.55. The molecular formula is C15H16Br3NOS. The van der Waals surface area contributed by atoms with E-state index in [1.165, 1.54) is 5.56 Å². The highest BCUT2D eigenvalue weighted by Gasteiger charge is 2.22. The van der Waals surface area contributed by atoms with E-state index in [-0.39, 0.29) is 6.04 Å². The van der Waals surface area contributed by atoms with Crippen LogP contribution in [0.4, 0.5) is 0 Å². The van der Waals surface area contributed by atoms with Crippen molar-refractivity contribution in [1.29, 1.82) is 0 Å². The van der Waals surface area contributed by atoms with Gasteiger partial charge in [-0.2, -0.15) is 0 Å². The average Bonchev–Trinajstić information content (AvgIpc) is 2.77. The van der Waals surface area contributed by atoms with Gasteiger partial charge in [0, 0.05) is 10.0 Å². The summed E-state index contributed by atoms with van der Waals surface area (Å²) in [6.07, 6.45) is 0. The predicted octanol–water partition coefficient (Wildman–Crippen LogP) is 6.13. The Morgan fingerprint density at radius 1 is 1.14 bits per heavy atom. The lowest BCUT2D eigenvalue weighted by atomic mass is 10.00. The number of benzene rings is 1. The van der Waals surface area contributed by atoms with Crippen LogP contribution in [0.1, 0.15) is 31.0 Å². The quantitative estimate of drug-likeness (QED) is 0.518. The van der Waals surface area contributed by atoms with Gasteiger partial charge in [-0.1, -0.05) is 22.9 Å². The summed E-state index contributed by atoms with van der Waals surface area (Å²) in [6, 6.07) is 8.39. The molecule has 0 aliphatic carbocycles. The fourth-order valence-corrected chi connectivity index (χ4v) is 5.45. The maximum atomic E-state index is 5.80. The highest BCUT2D eigenvalue weighted by Crippen LogP contribution is 2.40. The maximum Gasteiger partial charge on any atom is 0.124 e. The van der Waals surface area contributed by atoms with Gasteiger partial charge in [0.2, 0.25) is 0 Å². The summed E-state index contributed by atoms with van der Waals surface area (Å²) in [7, 11) is 0. The SMILES string of the molecule is CCNC(c1cc(Br)ccc1OCC)c1cc(Br)sc1Br. The van der Waals surface area contributed by atoms with Crippen LogP contribution in [-0.4, -0.2) is 13.2 Å². The molecule has 0 bridgehead atoms. The van der Waals surface area contributed by atoms with Gasteiger partial charge in [0.1, 0.15) is 5.75 Å². The Morgan fingerprint density at radius 2 is 1.90 bits per heavy atom. The largest absolute Gasteiger partial charge is 0.494 e. The Hall–Kier alpha value is 0.120. The topological polar surface area (TPSA) is 21.3 Å². The molecule has 1 unspecified atom stereocenters. The molecule has 2 aromatic rings. The van der Waals surface area contributed by atoms with Gasteiger partial charge < -0.3 is 10.1 Å². The molecule has 0 aliphatic heterocycles. The average molecular weight is 498 g/mol. The number of thiophene rings is 1. The van der Waals surface area contributed by atoms with E-state index in [9.17, 15) is 0 Å². The van der Waals surface area contributed by atoms with Gasteiger partial charge in [-0.25, -0.2) is 0 Å². The number of hydrogen-bond donors (Lipinski definition) is 1. The minimum atomic E-state index is 0.0889. The summed E-state index contributed by atoms with van der Waals surface area (Å²) in [5.41, 5.74) is 2.35. The number of hydrogen-bond acceptors (Lipinski definition) is 3. The molecule has 0 saturated carbocycles. The van der Waals surface area contributed by atoms with Gasteiger partial charge >= 0.3 is 0 Å². The summed E-state index contributed by atoms with van der Waals surface area (Å²) in [6.45, 7) is 5.65. The molecule has 0 radical (unpaired) electrons. The fourth-order valence-electron chi connectivity index (χ4n) is 2.17. The fraction of sp³-hybridized carbons (Fsp3) is 0.333. The molecule has 6 heteroatoms. The number of ether oxygens (including phenoxy) is 1. The van der Waals surface area contributed by atoms with Crippen molar-refractivity contribution < 1.29 is 4.74 Å². The van der Waals surface area contributed by atoms with Crippen LogP contribution in [0.15, 0.2) is 36.3 Å². The molecule has 21 heavy (non-hydrogen) atoms. The predicted molar refractivity (Wildman–Crippen MR) is 101 cm³/mol. The van der Waals surface area contributed by atoms with Gasteiger partial charge in [0.15, 0.2) is 0 Å². The highest BCUT2D eigenvalue weighted by atomic mass is 79.9. The van der Waals surface area contributed by atoms with E-state index in [0.29, 0.717) is 6.61 Å². The standard InChI is InChI=1S/C15H16Br3NOS/c1-3-19-14(11-8-13(17)21-15(11)18)10-7-9(16)5-6-12(10)20-4-2/h5-8,14,19H,3-4H2,1-2H3. The van der Waals surface area contributed by atoms with E-state index in [4.69, 9.17) is 4.74 Å². The summed E-state index contributed by atoms with van der Waals surface area (Å²) >= 11 is 12.5. The molecular weight excluding hydrogens is 482 g/mol. The van der Waals surface area contributed by atoms with Crippen LogP contribution in [0.3, 0.4) is 0 Å². The van der Waals surface area contributed by atoms with Crippen LogP contribution in [-0.2, 0) is 0 Å². The third kappa shape index (κ3) is 4.32. The number of rotatable bonds is 6. The highest BCUT2D eigenvalue weighted by molar-refractivity contribution is 9.12. The molecule has 1 aromatic heterocycles. The molecule has 1 atom stereocenters. The van der Waals surface area contributed by atoms with Crippen LogP contribution in [0.2, 0.25) is 0 Å². The zero-order valence-corrected chi connectivity index (χ0v) is 17.3. The van der Waals surface area contributed by atoms with Gasteiger partial charge in [0.25, 0.3) is 0 Å². The van der Waals surface area contributed by atoms with E-state index >= 15 is 0 Å². The van der Waals surface area contributed by atoms with Crippen LogP contribution >= 0.6 is 59.1 Å². The van der Waals surface area contributed by atoms with Gasteiger partial charge in [-0.3, -0.25) is 0 Å². The molecule has 1 heterocycles. The van der Waals surface area contributed by atoms with E-state index in [1.807, 2.05) is 19.1 Å². The van der Waals surface area contributed by atoms with Crippen molar-refractivity contribution >= 4 is 59.1 Å². The lowest BCUT2D eigenvalue weighted by Crippen LogP contribution is -2.22. The van der Waals surface area contributed by atoms with Gasteiger partial charge in [0.05, 0.1) is 20.2 Å². The van der Waals surface area contributed by atoms with Crippen LogP contribution in [0.25, 0.3) is 0 Å². The monoisotopic (exact) mass is 495 g/mol. The first-order valence-electron chi connectivity index (χ1n) is 6.67. The Morgan fingerprint density at radius 3 is 2.48 bits per heavy atom. The smallest absolute Gasteiger partial charge is 0.124 e. The molecule has 0 fully saturated rings. The van der Waals surface area contributed by atoms with Crippen molar-refractivity contribution in [2.75, 3.05) is 13.2 Å². The van der Waals surface area contributed by atoms with Gasteiger partial charge in [-0.15, -0.1) is 11.3 Å². The Bertz CT molecular complexity index is 615. The van der Waals surface area contributed by atoms with Crippen molar-refractivity contribution in [3.05, 3.63) is 47.4 Å². The minimum absolute atomic E-state index is 0.0889. The summed E-state index contributed by atoms with van der Waals surface area (Å²) in [4.78, 5) is 0. The van der Waals surface area contributed by atoms with E-state index in [0.717, 1.165) is 29.9 Å². The molecule has 0 spiro atoms. The first-order valence-corrected chi connectivity index (χ1v) is 9.86. The Kier molecular flexibility index (Phi) is 6.75. The number of nitrogens with one attached hydrogen (secondary N) is 1. The van der Waals surface area contributed by atoms with Crippen LogP contribution in [0.5, 0.6) is 5.75 Å². The van der Waals surface area contributed by atoms with Crippen LogP contribution in [0, 0.1) is 0 Å². The second kappa shape index (κ2) is 8.11. The maximum absolute atomic E-state index is 5.80. The lowest BCUT2D eigenvalue weighted by Gasteiger charge is -2.21. The molecule has 0 aliphatic rings.